The molecule has 2 saturated carbocycles. The van der Waals surface area contributed by atoms with Crippen LogP contribution in [-0.2, 0) is 9.59 Å². The molecule has 2 aromatic carbocycles. The Bertz CT molecular complexity index is 1120. The predicted octanol–water partition coefficient (Wildman–Crippen LogP) is 2.44. The number of nitrogens with one attached hydrogen (secondary N) is 2. The summed E-state index contributed by atoms with van der Waals surface area (Å²) < 4.78 is 0. The monoisotopic (exact) mass is 418 g/mol. The molecule has 0 aromatic heterocycles. The van der Waals surface area contributed by atoms with E-state index < -0.39 is 29.7 Å². The van der Waals surface area contributed by atoms with E-state index in [4.69, 9.17) is 0 Å². The average molecular weight is 418 g/mol. The third-order valence-corrected chi connectivity index (χ3v) is 6.69. The molecule has 4 atom stereocenters. The molecule has 3 aliphatic rings. The third-order valence-electron chi connectivity index (χ3n) is 6.69. The molecule has 2 bridgehead atoms. The summed E-state index contributed by atoms with van der Waals surface area (Å²) in [6.45, 7) is 0. The summed E-state index contributed by atoms with van der Waals surface area (Å²) in [5.74, 6) is -2.15. The Kier molecular flexibility index (Phi) is 4.77. The standard InChI is InChI=1S/C23H22N4O4/c28-20-18(22(30)27(23(31)25-20)19-11-13-8-9-15(19)10-13)12-24-26-21(29)17-7-3-5-14-4-1-2-6-16(14)17/h1-7,12-13,15,18-19H,8-11H2,(H,26,29)(H,25,28,31)/b24-12-/t13-,15-,18-,19-/m0/s1. The van der Waals surface area contributed by atoms with Gasteiger partial charge in [0, 0.05) is 17.8 Å². The third kappa shape index (κ3) is 3.37. The van der Waals surface area contributed by atoms with Gasteiger partial charge in [0.2, 0.25) is 11.8 Å². The average Bonchev–Trinajstić information content (AvgIpc) is 3.39. The molecule has 8 heteroatoms. The number of hydrogen-bond donors (Lipinski definition) is 2. The first-order valence-corrected chi connectivity index (χ1v) is 10.5. The number of barbiturate groups is 1. The molecule has 5 amide bonds. The quantitative estimate of drug-likeness (QED) is 0.452. The van der Waals surface area contributed by atoms with Crippen molar-refractivity contribution in [2.45, 2.75) is 31.7 Å². The van der Waals surface area contributed by atoms with Gasteiger partial charge in [-0.15, -0.1) is 0 Å². The van der Waals surface area contributed by atoms with Crippen LogP contribution >= 0.6 is 0 Å². The number of amides is 5. The Labute approximate surface area is 178 Å². The van der Waals surface area contributed by atoms with Crippen molar-refractivity contribution in [1.82, 2.24) is 15.6 Å². The van der Waals surface area contributed by atoms with Gasteiger partial charge < -0.3 is 0 Å². The number of carbonyl (C=O) groups excluding carboxylic acids is 4. The maximum atomic E-state index is 13.0. The molecule has 8 nitrogen and oxygen atoms in total. The van der Waals surface area contributed by atoms with Gasteiger partial charge in [0.1, 0.15) is 0 Å². The fraction of sp³-hybridized carbons (Fsp3) is 0.348. The highest BCUT2D eigenvalue weighted by molar-refractivity contribution is 6.23. The van der Waals surface area contributed by atoms with Crippen molar-refractivity contribution in [1.29, 1.82) is 0 Å². The molecule has 2 aromatic rings. The van der Waals surface area contributed by atoms with Crippen molar-refractivity contribution in [3.05, 3.63) is 48.0 Å². The minimum atomic E-state index is -1.25. The van der Waals surface area contributed by atoms with Gasteiger partial charge in [0.05, 0.1) is 0 Å². The van der Waals surface area contributed by atoms with Crippen molar-refractivity contribution >= 4 is 40.7 Å². The minimum Gasteiger partial charge on any atom is -0.277 e. The summed E-state index contributed by atoms with van der Waals surface area (Å²) in [7, 11) is 0. The van der Waals surface area contributed by atoms with Gasteiger partial charge in [0.15, 0.2) is 5.92 Å². The molecule has 31 heavy (non-hydrogen) atoms. The Morgan fingerprint density at radius 3 is 2.65 bits per heavy atom. The van der Waals surface area contributed by atoms with Crippen molar-refractivity contribution in [3.8, 4) is 0 Å². The van der Waals surface area contributed by atoms with Crippen LogP contribution in [0.25, 0.3) is 10.8 Å². The topological polar surface area (TPSA) is 108 Å². The summed E-state index contributed by atoms with van der Waals surface area (Å²) in [6.07, 6.45) is 5.05. The molecule has 1 saturated heterocycles. The highest BCUT2D eigenvalue weighted by Crippen LogP contribution is 2.47. The molecule has 2 aliphatic carbocycles. The van der Waals surface area contributed by atoms with E-state index >= 15 is 0 Å². The molecule has 0 radical (unpaired) electrons. The SMILES string of the molecule is O=C(N/N=C\[C@H]1C(=O)NC(=O)N([C@H]2C[C@H]3CC[C@H]2C3)C1=O)c1cccc2ccccc12. The fourth-order valence-electron chi connectivity index (χ4n) is 5.23. The van der Waals surface area contributed by atoms with E-state index in [0.717, 1.165) is 42.7 Å². The Morgan fingerprint density at radius 2 is 1.87 bits per heavy atom. The van der Waals surface area contributed by atoms with Gasteiger partial charge >= 0.3 is 6.03 Å². The second-order valence-electron chi connectivity index (χ2n) is 8.47. The van der Waals surface area contributed by atoms with Crippen LogP contribution in [0.15, 0.2) is 47.6 Å². The largest absolute Gasteiger partial charge is 0.331 e. The van der Waals surface area contributed by atoms with E-state index in [2.05, 4.69) is 15.8 Å². The van der Waals surface area contributed by atoms with E-state index in [-0.39, 0.29) is 6.04 Å². The lowest BCUT2D eigenvalue weighted by Crippen LogP contribution is -2.62. The van der Waals surface area contributed by atoms with Gasteiger partial charge in [0.25, 0.3) is 5.91 Å². The summed E-state index contributed by atoms with van der Waals surface area (Å²) in [4.78, 5) is 51.4. The molecule has 0 spiro atoms. The Balaban J connectivity index is 1.31. The Morgan fingerprint density at radius 1 is 1.06 bits per heavy atom. The summed E-state index contributed by atoms with van der Waals surface area (Å²) in [6, 6.07) is 12.0. The van der Waals surface area contributed by atoms with Gasteiger partial charge in [-0.05, 0) is 47.9 Å². The zero-order valence-corrected chi connectivity index (χ0v) is 16.8. The van der Waals surface area contributed by atoms with Gasteiger partial charge in [-0.3, -0.25) is 24.6 Å². The van der Waals surface area contributed by atoms with Gasteiger partial charge in [-0.1, -0.05) is 42.8 Å². The second kappa shape index (κ2) is 7.61. The summed E-state index contributed by atoms with van der Waals surface area (Å²) in [5.41, 5.74) is 2.84. The lowest BCUT2D eigenvalue weighted by atomic mass is 9.92. The van der Waals surface area contributed by atoms with Crippen molar-refractivity contribution in [2.75, 3.05) is 0 Å². The zero-order chi connectivity index (χ0) is 21.5. The molecule has 5 rings (SSSR count). The summed E-state index contributed by atoms with van der Waals surface area (Å²) in [5, 5.41) is 7.83. The molecule has 1 aliphatic heterocycles. The van der Waals surface area contributed by atoms with Crippen molar-refractivity contribution in [2.24, 2.45) is 22.9 Å². The van der Waals surface area contributed by atoms with Crippen LogP contribution in [0.2, 0.25) is 0 Å². The number of hydrogen-bond acceptors (Lipinski definition) is 5. The van der Waals surface area contributed by atoms with E-state index in [1.807, 2.05) is 30.3 Å². The number of imide groups is 2. The van der Waals surface area contributed by atoms with E-state index in [1.165, 1.54) is 4.90 Å². The van der Waals surface area contributed by atoms with E-state index in [0.29, 0.717) is 17.4 Å². The molecule has 158 valence electrons. The lowest BCUT2D eigenvalue weighted by molar-refractivity contribution is -0.141. The number of hydrazone groups is 1. The number of urea groups is 1. The van der Waals surface area contributed by atoms with Gasteiger partial charge in [-0.2, -0.15) is 5.10 Å². The fourth-order valence-corrected chi connectivity index (χ4v) is 5.23. The molecular formula is C23H22N4O4. The number of rotatable bonds is 4. The number of benzene rings is 2. The second-order valence-corrected chi connectivity index (χ2v) is 8.47. The van der Waals surface area contributed by atoms with Crippen LogP contribution in [0.3, 0.4) is 0 Å². The number of nitrogens with zero attached hydrogens (tertiary/aromatic N) is 2. The molecule has 0 unspecified atom stereocenters. The van der Waals surface area contributed by atoms with Crippen LogP contribution < -0.4 is 10.7 Å². The normalized spacial score (nSPS) is 27.9. The smallest absolute Gasteiger partial charge is 0.277 e. The van der Waals surface area contributed by atoms with Crippen molar-refractivity contribution in [3.63, 3.8) is 0 Å². The maximum Gasteiger partial charge on any atom is 0.331 e. The first kappa shape index (κ1) is 19.4. The highest BCUT2D eigenvalue weighted by atomic mass is 16.2. The van der Waals surface area contributed by atoms with Crippen LogP contribution in [0, 0.1) is 17.8 Å². The van der Waals surface area contributed by atoms with E-state index in [1.54, 1.807) is 12.1 Å². The molecule has 1 heterocycles. The minimum absolute atomic E-state index is 0.166. The first-order chi connectivity index (χ1) is 15.0. The van der Waals surface area contributed by atoms with Crippen molar-refractivity contribution < 1.29 is 19.2 Å². The highest BCUT2D eigenvalue weighted by Gasteiger charge is 2.50. The molecular weight excluding hydrogens is 396 g/mol. The van der Waals surface area contributed by atoms with Crippen LogP contribution in [0.5, 0.6) is 0 Å². The van der Waals surface area contributed by atoms with Crippen LogP contribution in [0.4, 0.5) is 4.79 Å². The predicted molar refractivity (Wildman–Crippen MR) is 113 cm³/mol. The van der Waals surface area contributed by atoms with Crippen LogP contribution in [-0.4, -0.2) is 40.9 Å². The van der Waals surface area contributed by atoms with Gasteiger partial charge in [-0.25, -0.2) is 10.2 Å². The molecule has 2 N–H and O–H groups in total. The summed E-state index contributed by atoms with van der Waals surface area (Å²) >= 11 is 0. The zero-order valence-electron chi connectivity index (χ0n) is 16.8. The Hall–Kier alpha value is -3.55. The van der Waals surface area contributed by atoms with Crippen LogP contribution in [0.1, 0.15) is 36.0 Å². The maximum absolute atomic E-state index is 13.0. The van der Waals surface area contributed by atoms with E-state index in [9.17, 15) is 19.2 Å². The first-order valence-electron chi connectivity index (χ1n) is 10.5. The molecule has 3 fully saturated rings. The lowest BCUT2D eigenvalue weighted by Gasteiger charge is -2.36. The number of fused-ring (bicyclic) bond motifs is 3. The number of carbonyl (C=O) groups is 4.